The van der Waals surface area contributed by atoms with Crippen molar-refractivity contribution in [3.8, 4) is 0 Å². The van der Waals surface area contributed by atoms with E-state index in [1.165, 1.54) is 0 Å². The van der Waals surface area contributed by atoms with Crippen LogP contribution in [0.3, 0.4) is 0 Å². The molecule has 1 rings (SSSR count). The van der Waals surface area contributed by atoms with E-state index in [0.29, 0.717) is 11.3 Å². The maximum atomic E-state index is 11.9. The Hall–Kier alpha value is -0.950. The summed E-state index contributed by atoms with van der Waals surface area (Å²) < 4.78 is 35.8. The Labute approximate surface area is 113 Å². The first-order valence-corrected chi connectivity index (χ1v) is 6.54. The van der Waals surface area contributed by atoms with E-state index in [1.807, 2.05) is 19.1 Å². The van der Waals surface area contributed by atoms with Crippen molar-refractivity contribution in [1.82, 2.24) is 0 Å². The van der Waals surface area contributed by atoms with Crippen LogP contribution >= 0.6 is 24.0 Å². The summed E-state index contributed by atoms with van der Waals surface area (Å²) in [6.07, 6.45) is 0. The number of hydrogen-bond donors (Lipinski definition) is 2. The summed E-state index contributed by atoms with van der Waals surface area (Å²) in [7, 11) is 0. The average Bonchev–Trinajstić information content (AvgIpc) is 2.24. The number of rotatable bonds is 5. The predicted molar refractivity (Wildman–Crippen MR) is 74.1 cm³/mol. The second kappa shape index (κ2) is 6.29. The van der Waals surface area contributed by atoms with Gasteiger partial charge in [-0.3, -0.25) is 0 Å². The highest BCUT2D eigenvalue weighted by Gasteiger charge is 2.27. The molecule has 1 aromatic rings. The van der Waals surface area contributed by atoms with E-state index in [4.69, 9.17) is 18.0 Å². The predicted octanol–water partition coefficient (Wildman–Crippen LogP) is 3.29. The molecule has 0 aromatic heterocycles. The van der Waals surface area contributed by atoms with Crippen molar-refractivity contribution in [2.45, 2.75) is 12.4 Å². The second-order valence-electron chi connectivity index (χ2n) is 3.63. The Morgan fingerprint density at radius 3 is 2.67 bits per heavy atom. The fourth-order valence-corrected chi connectivity index (χ4v) is 1.97. The molecule has 0 saturated carbocycles. The Morgan fingerprint density at radius 2 is 2.11 bits per heavy atom. The van der Waals surface area contributed by atoms with Crippen molar-refractivity contribution in [2.75, 3.05) is 17.6 Å². The standard InChI is InChI=1S/C11H13F3N2S2/c1-7-2-3-9(8(6-7)10(15)17)16-4-5-18-11(12,13)14/h2-3,6,16H,4-5H2,1H3,(H2,15,17). The zero-order valence-corrected chi connectivity index (χ0v) is 11.3. The minimum absolute atomic E-state index is 0.0564. The molecule has 0 fully saturated rings. The number of nitrogens with two attached hydrogens (primary N) is 1. The lowest BCUT2D eigenvalue weighted by molar-refractivity contribution is -0.0327. The highest BCUT2D eigenvalue weighted by atomic mass is 32.2. The van der Waals surface area contributed by atoms with Gasteiger partial charge in [-0.25, -0.2) is 0 Å². The molecule has 0 spiro atoms. The number of hydrogen-bond acceptors (Lipinski definition) is 3. The van der Waals surface area contributed by atoms with E-state index in [1.54, 1.807) is 6.07 Å². The largest absolute Gasteiger partial charge is 0.441 e. The van der Waals surface area contributed by atoms with E-state index in [9.17, 15) is 13.2 Å². The summed E-state index contributed by atoms with van der Waals surface area (Å²) in [5, 5.41) is 2.91. The molecule has 3 N–H and O–H groups in total. The molecule has 2 nitrogen and oxygen atoms in total. The molecule has 0 heterocycles. The van der Waals surface area contributed by atoms with Gasteiger partial charge in [0.25, 0.3) is 0 Å². The van der Waals surface area contributed by atoms with Gasteiger partial charge in [-0.1, -0.05) is 23.8 Å². The van der Waals surface area contributed by atoms with Gasteiger partial charge in [-0.05, 0) is 30.8 Å². The SMILES string of the molecule is Cc1ccc(NCCSC(F)(F)F)c(C(N)=S)c1. The lowest BCUT2D eigenvalue weighted by atomic mass is 10.1. The number of nitrogens with one attached hydrogen (secondary N) is 1. The first-order chi connectivity index (χ1) is 8.29. The Kier molecular flexibility index (Phi) is 5.28. The van der Waals surface area contributed by atoms with E-state index in [0.717, 1.165) is 5.56 Å². The van der Waals surface area contributed by atoms with E-state index in [-0.39, 0.29) is 29.0 Å². The van der Waals surface area contributed by atoms with Crippen LogP contribution in [-0.2, 0) is 0 Å². The Morgan fingerprint density at radius 1 is 1.44 bits per heavy atom. The van der Waals surface area contributed by atoms with Crippen molar-refractivity contribution in [3.05, 3.63) is 29.3 Å². The topological polar surface area (TPSA) is 38.0 Å². The maximum Gasteiger partial charge on any atom is 0.441 e. The molecule has 0 aliphatic heterocycles. The van der Waals surface area contributed by atoms with Gasteiger partial charge in [-0.2, -0.15) is 13.2 Å². The average molecular weight is 294 g/mol. The van der Waals surface area contributed by atoms with Gasteiger partial charge in [0.1, 0.15) is 4.99 Å². The number of benzene rings is 1. The summed E-state index contributed by atoms with van der Waals surface area (Å²) in [4.78, 5) is 0.227. The third kappa shape index (κ3) is 5.14. The summed E-state index contributed by atoms with van der Waals surface area (Å²) in [6, 6.07) is 5.42. The minimum atomic E-state index is -4.19. The van der Waals surface area contributed by atoms with Crippen LogP contribution in [0.25, 0.3) is 0 Å². The van der Waals surface area contributed by atoms with Gasteiger partial charge < -0.3 is 11.1 Å². The molecule has 0 aliphatic rings. The summed E-state index contributed by atoms with van der Waals surface area (Å²) in [5.41, 5.74) is 3.68. The molecule has 1 aromatic carbocycles. The van der Waals surface area contributed by atoms with E-state index in [2.05, 4.69) is 5.32 Å². The maximum absolute atomic E-state index is 11.9. The zero-order chi connectivity index (χ0) is 13.8. The fourth-order valence-electron chi connectivity index (χ4n) is 1.37. The zero-order valence-electron chi connectivity index (χ0n) is 9.67. The number of thiocarbonyl (C=S) groups is 1. The lowest BCUT2D eigenvalue weighted by Crippen LogP contribution is -2.15. The molecule has 7 heteroatoms. The van der Waals surface area contributed by atoms with Gasteiger partial charge in [0.15, 0.2) is 0 Å². The van der Waals surface area contributed by atoms with Gasteiger partial charge in [0, 0.05) is 23.5 Å². The lowest BCUT2D eigenvalue weighted by Gasteiger charge is -2.12. The number of alkyl halides is 3. The Bertz CT molecular complexity index is 433. The fraction of sp³-hybridized carbons (Fsp3) is 0.364. The van der Waals surface area contributed by atoms with Crippen LogP contribution in [0.1, 0.15) is 11.1 Å². The van der Waals surface area contributed by atoms with Gasteiger partial charge in [0.2, 0.25) is 0 Å². The van der Waals surface area contributed by atoms with E-state index >= 15 is 0 Å². The van der Waals surface area contributed by atoms with Crippen molar-refractivity contribution < 1.29 is 13.2 Å². The molecule has 0 atom stereocenters. The highest BCUT2D eigenvalue weighted by Crippen LogP contribution is 2.29. The van der Waals surface area contributed by atoms with Crippen LogP contribution < -0.4 is 11.1 Å². The van der Waals surface area contributed by atoms with Crippen molar-refractivity contribution in [1.29, 1.82) is 0 Å². The van der Waals surface area contributed by atoms with E-state index < -0.39 is 5.51 Å². The molecule has 0 saturated heterocycles. The Balaban J connectivity index is 2.59. The van der Waals surface area contributed by atoms with Crippen LogP contribution in [0.15, 0.2) is 18.2 Å². The number of halogens is 3. The van der Waals surface area contributed by atoms with Gasteiger partial charge in [0.05, 0.1) is 0 Å². The van der Waals surface area contributed by atoms with Gasteiger partial charge >= 0.3 is 5.51 Å². The molecule has 100 valence electrons. The van der Waals surface area contributed by atoms with Crippen LogP contribution in [0.4, 0.5) is 18.9 Å². The first kappa shape index (κ1) is 15.1. The molecule has 0 amide bonds. The summed E-state index contributed by atoms with van der Waals surface area (Å²) in [5.74, 6) is -0.0614. The number of thioether (sulfide) groups is 1. The minimum Gasteiger partial charge on any atom is -0.389 e. The molecule has 0 bridgehead atoms. The van der Waals surface area contributed by atoms with Crippen LogP contribution in [0, 0.1) is 6.92 Å². The highest BCUT2D eigenvalue weighted by molar-refractivity contribution is 8.00. The van der Waals surface area contributed by atoms with Crippen LogP contribution in [0.2, 0.25) is 0 Å². The smallest absolute Gasteiger partial charge is 0.389 e. The van der Waals surface area contributed by atoms with Crippen molar-refractivity contribution >= 4 is 34.7 Å². The number of anilines is 1. The number of aryl methyl sites for hydroxylation is 1. The summed E-state index contributed by atoms with van der Waals surface area (Å²) >= 11 is 4.84. The first-order valence-electron chi connectivity index (χ1n) is 5.14. The second-order valence-corrected chi connectivity index (χ2v) is 5.23. The van der Waals surface area contributed by atoms with Crippen LogP contribution in [-0.4, -0.2) is 22.8 Å². The quantitative estimate of drug-likeness (QED) is 0.645. The molecule has 0 aliphatic carbocycles. The van der Waals surface area contributed by atoms with Gasteiger partial charge in [-0.15, -0.1) is 0 Å². The molecule has 18 heavy (non-hydrogen) atoms. The molecule has 0 radical (unpaired) electrons. The third-order valence-corrected chi connectivity index (χ3v) is 3.08. The molecule has 0 unspecified atom stereocenters. The normalized spacial score (nSPS) is 11.3. The molecular weight excluding hydrogens is 281 g/mol. The molecular formula is C11H13F3N2S2. The summed E-state index contributed by atoms with van der Waals surface area (Å²) in [6.45, 7) is 2.09. The van der Waals surface area contributed by atoms with Crippen LogP contribution in [0.5, 0.6) is 0 Å². The van der Waals surface area contributed by atoms with Crippen molar-refractivity contribution in [3.63, 3.8) is 0 Å². The van der Waals surface area contributed by atoms with Crippen molar-refractivity contribution in [2.24, 2.45) is 5.73 Å². The third-order valence-electron chi connectivity index (χ3n) is 2.12. The monoisotopic (exact) mass is 294 g/mol.